The highest BCUT2D eigenvalue weighted by molar-refractivity contribution is 7.90. The lowest BCUT2D eigenvalue weighted by Gasteiger charge is -2.39. The fourth-order valence-electron chi connectivity index (χ4n) is 2.31. The zero-order valence-electron chi connectivity index (χ0n) is 13.0. The Morgan fingerprint density at radius 3 is 2.26 bits per heavy atom. The van der Waals surface area contributed by atoms with Gasteiger partial charge in [-0.05, 0) is 18.1 Å². The molecule has 1 aliphatic heterocycles. The van der Waals surface area contributed by atoms with E-state index in [4.69, 9.17) is 5.11 Å². The average molecular weight is 340 g/mol. The third kappa shape index (κ3) is 3.89. The SMILES string of the molecule is CC(C)[C@H](NS(=O)(=O)C1CN(C(=O)c2ccccc2)C1)C(=O)O. The lowest BCUT2D eigenvalue weighted by Crippen LogP contribution is -2.61. The van der Waals surface area contributed by atoms with E-state index >= 15 is 0 Å². The number of carbonyl (C=O) groups excluding carboxylic acids is 1. The Bertz CT molecular complexity index is 681. The molecule has 1 heterocycles. The van der Waals surface area contributed by atoms with Crippen LogP contribution in [-0.2, 0) is 14.8 Å². The van der Waals surface area contributed by atoms with E-state index in [1.54, 1.807) is 44.2 Å². The van der Waals surface area contributed by atoms with Gasteiger partial charge in [0.05, 0.1) is 0 Å². The van der Waals surface area contributed by atoms with Crippen LogP contribution in [-0.4, -0.2) is 54.7 Å². The molecule has 1 amide bonds. The van der Waals surface area contributed by atoms with Crippen LogP contribution in [0.1, 0.15) is 24.2 Å². The Balaban J connectivity index is 1.98. The van der Waals surface area contributed by atoms with Crippen LogP contribution in [0.25, 0.3) is 0 Å². The van der Waals surface area contributed by atoms with Crippen LogP contribution in [0.2, 0.25) is 0 Å². The van der Waals surface area contributed by atoms with Crippen molar-refractivity contribution >= 4 is 21.9 Å². The van der Waals surface area contributed by atoms with Crippen molar-refractivity contribution in [2.75, 3.05) is 13.1 Å². The van der Waals surface area contributed by atoms with Crippen LogP contribution < -0.4 is 4.72 Å². The number of hydrogen-bond acceptors (Lipinski definition) is 4. The molecule has 7 nitrogen and oxygen atoms in total. The Kier molecular flexibility index (Phi) is 5.06. The van der Waals surface area contributed by atoms with Crippen molar-refractivity contribution in [1.82, 2.24) is 9.62 Å². The average Bonchev–Trinajstić information content (AvgIpc) is 2.43. The molecule has 1 atom stereocenters. The van der Waals surface area contributed by atoms with E-state index in [0.717, 1.165) is 0 Å². The topological polar surface area (TPSA) is 104 Å². The van der Waals surface area contributed by atoms with Gasteiger partial charge in [-0.1, -0.05) is 32.0 Å². The third-order valence-electron chi connectivity index (χ3n) is 3.82. The fraction of sp³-hybridized carbons (Fsp3) is 0.467. The number of aliphatic carboxylic acids is 1. The highest BCUT2D eigenvalue weighted by atomic mass is 32.2. The van der Waals surface area contributed by atoms with Gasteiger partial charge in [0.15, 0.2) is 0 Å². The van der Waals surface area contributed by atoms with Gasteiger partial charge in [0.2, 0.25) is 10.0 Å². The second kappa shape index (κ2) is 6.67. The molecule has 2 rings (SSSR count). The molecule has 2 N–H and O–H groups in total. The molecule has 1 fully saturated rings. The van der Waals surface area contributed by atoms with Gasteiger partial charge in [-0.2, -0.15) is 0 Å². The number of carbonyl (C=O) groups is 2. The summed E-state index contributed by atoms with van der Waals surface area (Å²) < 4.78 is 26.7. The number of likely N-dealkylation sites (tertiary alicyclic amines) is 1. The van der Waals surface area contributed by atoms with E-state index in [1.165, 1.54) is 4.90 Å². The van der Waals surface area contributed by atoms with Crippen LogP contribution in [0.15, 0.2) is 30.3 Å². The molecule has 0 spiro atoms. The first-order valence-electron chi connectivity index (χ1n) is 7.30. The quantitative estimate of drug-likeness (QED) is 0.786. The van der Waals surface area contributed by atoms with Crippen molar-refractivity contribution in [3.63, 3.8) is 0 Å². The molecule has 0 aromatic heterocycles. The number of rotatable bonds is 6. The van der Waals surface area contributed by atoms with Gasteiger partial charge >= 0.3 is 5.97 Å². The first-order chi connectivity index (χ1) is 10.7. The first-order valence-corrected chi connectivity index (χ1v) is 8.85. The first kappa shape index (κ1) is 17.4. The molecule has 1 aromatic carbocycles. The summed E-state index contributed by atoms with van der Waals surface area (Å²) in [5.74, 6) is -1.81. The standard InChI is InChI=1S/C15H20N2O5S/c1-10(2)13(15(19)20)16-23(21,22)12-8-17(9-12)14(18)11-6-4-3-5-7-11/h3-7,10,12-13,16H,8-9H2,1-2H3,(H,19,20)/t13-/m0/s1. The molecule has 8 heteroatoms. The predicted molar refractivity (Wildman–Crippen MR) is 84.5 cm³/mol. The summed E-state index contributed by atoms with van der Waals surface area (Å²) in [6, 6.07) is 7.44. The maximum atomic E-state index is 12.2. The summed E-state index contributed by atoms with van der Waals surface area (Å²) in [7, 11) is -3.79. The largest absolute Gasteiger partial charge is 0.480 e. The number of sulfonamides is 1. The van der Waals surface area contributed by atoms with Gasteiger partial charge in [0.1, 0.15) is 11.3 Å². The molecule has 1 saturated heterocycles. The molecular weight excluding hydrogens is 320 g/mol. The highest BCUT2D eigenvalue weighted by Crippen LogP contribution is 2.19. The molecule has 1 aromatic rings. The Hall–Kier alpha value is -1.93. The maximum Gasteiger partial charge on any atom is 0.321 e. The van der Waals surface area contributed by atoms with Crippen LogP contribution in [0.3, 0.4) is 0 Å². The van der Waals surface area contributed by atoms with Gasteiger partial charge < -0.3 is 10.0 Å². The van der Waals surface area contributed by atoms with Crippen molar-refractivity contribution in [3.05, 3.63) is 35.9 Å². The van der Waals surface area contributed by atoms with E-state index in [2.05, 4.69) is 4.72 Å². The number of carboxylic acid groups (broad SMARTS) is 1. The monoisotopic (exact) mass is 340 g/mol. The molecule has 0 radical (unpaired) electrons. The second-order valence-corrected chi connectivity index (χ2v) is 7.91. The molecule has 0 aliphatic carbocycles. The van der Waals surface area contributed by atoms with Crippen LogP contribution in [0.5, 0.6) is 0 Å². The Morgan fingerprint density at radius 1 is 1.22 bits per heavy atom. The minimum atomic E-state index is -3.79. The summed E-state index contributed by atoms with van der Waals surface area (Å²) in [5.41, 5.74) is 0.502. The summed E-state index contributed by atoms with van der Waals surface area (Å²) in [6.07, 6.45) is 0. The van der Waals surface area contributed by atoms with Gasteiger partial charge in [0.25, 0.3) is 5.91 Å². The van der Waals surface area contributed by atoms with Crippen LogP contribution in [0.4, 0.5) is 0 Å². The van der Waals surface area contributed by atoms with E-state index < -0.39 is 27.3 Å². The molecule has 1 aliphatic rings. The van der Waals surface area contributed by atoms with E-state index in [0.29, 0.717) is 5.56 Å². The van der Waals surface area contributed by atoms with Crippen molar-refractivity contribution in [1.29, 1.82) is 0 Å². The van der Waals surface area contributed by atoms with Crippen molar-refractivity contribution in [2.45, 2.75) is 25.1 Å². The molecule has 0 unspecified atom stereocenters. The summed E-state index contributed by atoms with van der Waals surface area (Å²) in [5, 5.41) is 8.30. The third-order valence-corrected chi connectivity index (χ3v) is 5.58. The minimum Gasteiger partial charge on any atom is -0.480 e. The van der Waals surface area contributed by atoms with Crippen molar-refractivity contribution in [2.24, 2.45) is 5.92 Å². The molecule has 0 saturated carbocycles. The zero-order chi connectivity index (χ0) is 17.2. The lowest BCUT2D eigenvalue weighted by molar-refractivity contribution is -0.140. The summed E-state index contributed by atoms with van der Waals surface area (Å²) in [6.45, 7) is 3.39. The number of amides is 1. The van der Waals surface area contributed by atoms with Gasteiger partial charge in [-0.3, -0.25) is 9.59 Å². The fourth-order valence-corrected chi connectivity index (χ4v) is 3.98. The van der Waals surface area contributed by atoms with Gasteiger partial charge in [0, 0.05) is 18.7 Å². The van der Waals surface area contributed by atoms with E-state index in [1.807, 2.05) is 0 Å². The Labute approximate surface area is 135 Å². The lowest BCUT2D eigenvalue weighted by atomic mass is 10.1. The number of nitrogens with zero attached hydrogens (tertiary/aromatic N) is 1. The summed E-state index contributed by atoms with van der Waals surface area (Å²) in [4.78, 5) is 24.7. The molecule has 126 valence electrons. The van der Waals surface area contributed by atoms with Gasteiger partial charge in [-0.15, -0.1) is 0 Å². The number of hydrogen-bond donors (Lipinski definition) is 2. The number of nitrogens with one attached hydrogen (secondary N) is 1. The smallest absolute Gasteiger partial charge is 0.321 e. The predicted octanol–water partition coefficient (Wildman–Crippen LogP) is 0.540. The maximum absolute atomic E-state index is 12.2. The molecule has 23 heavy (non-hydrogen) atoms. The summed E-state index contributed by atoms with van der Waals surface area (Å²) >= 11 is 0. The highest BCUT2D eigenvalue weighted by Gasteiger charge is 2.42. The Morgan fingerprint density at radius 2 is 1.78 bits per heavy atom. The zero-order valence-corrected chi connectivity index (χ0v) is 13.8. The number of benzene rings is 1. The number of carboxylic acids is 1. The van der Waals surface area contributed by atoms with Crippen molar-refractivity contribution in [3.8, 4) is 0 Å². The van der Waals surface area contributed by atoms with Crippen LogP contribution >= 0.6 is 0 Å². The van der Waals surface area contributed by atoms with E-state index in [-0.39, 0.29) is 24.9 Å². The van der Waals surface area contributed by atoms with Crippen LogP contribution in [0, 0.1) is 5.92 Å². The van der Waals surface area contributed by atoms with Crippen molar-refractivity contribution < 1.29 is 23.1 Å². The van der Waals surface area contributed by atoms with Gasteiger partial charge in [-0.25, -0.2) is 13.1 Å². The second-order valence-electron chi connectivity index (χ2n) is 5.92. The van der Waals surface area contributed by atoms with E-state index in [9.17, 15) is 18.0 Å². The molecular formula is C15H20N2O5S. The minimum absolute atomic E-state index is 0.0630. The molecule has 0 bridgehead atoms. The normalized spacial score (nSPS) is 16.9.